The maximum absolute atomic E-state index is 11.4. The van der Waals surface area contributed by atoms with Gasteiger partial charge in [-0.1, -0.05) is 5.92 Å². The molecule has 0 aliphatic carbocycles. The molecule has 0 unspecified atom stereocenters. The summed E-state index contributed by atoms with van der Waals surface area (Å²) in [6.45, 7) is 5.41. The van der Waals surface area contributed by atoms with Crippen LogP contribution in [0.25, 0.3) is 0 Å². The van der Waals surface area contributed by atoms with Crippen LogP contribution >= 0.6 is 0 Å². The largest absolute Gasteiger partial charge is 0.481 e. The molecule has 0 radical (unpaired) electrons. The van der Waals surface area contributed by atoms with Gasteiger partial charge in [0.05, 0.1) is 72.7 Å². The molecule has 0 spiro atoms. The summed E-state index contributed by atoms with van der Waals surface area (Å²) in [7, 11) is 0. The Morgan fingerprint density at radius 1 is 0.613 bits per heavy atom. The Bertz CT molecular complexity index is 464. The summed E-state index contributed by atoms with van der Waals surface area (Å²) in [5.41, 5.74) is 0. The number of carboxylic acid groups (broad SMARTS) is 1. The number of terminal acetylenes is 1. The molecule has 0 aromatic heterocycles. The van der Waals surface area contributed by atoms with E-state index in [0.717, 1.165) is 0 Å². The fourth-order valence-electron chi connectivity index (χ4n) is 2.06. The average Bonchev–Trinajstić information content (AvgIpc) is 2.75. The van der Waals surface area contributed by atoms with Crippen LogP contribution in [0.2, 0.25) is 0 Å². The highest BCUT2D eigenvalue weighted by molar-refractivity contribution is 5.69. The van der Waals surface area contributed by atoms with Gasteiger partial charge in [0.1, 0.15) is 13.2 Å². The Morgan fingerprint density at radius 2 is 1.00 bits per heavy atom. The number of rotatable bonds is 24. The maximum atomic E-state index is 11.4. The predicted octanol–water partition coefficient (Wildman–Crippen LogP) is 0.907. The lowest BCUT2D eigenvalue weighted by Crippen LogP contribution is -2.15. The van der Waals surface area contributed by atoms with E-state index in [1.807, 2.05) is 0 Å². The van der Waals surface area contributed by atoms with Crippen molar-refractivity contribution < 1.29 is 47.9 Å². The minimum atomic E-state index is -0.860. The van der Waals surface area contributed by atoms with Gasteiger partial charge >= 0.3 is 11.9 Å². The predicted molar refractivity (Wildman–Crippen MR) is 111 cm³/mol. The molecule has 180 valence electrons. The normalized spacial score (nSPS) is 10.7. The third-order valence-electron chi connectivity index (χ3n) is 3.56. The van der Waals surface area contributed by atoms with E-state index < -0.39 is 5.97 Å². The average molecular weight is 449 g/mol. The lowest BCUT2D eigenvalue weighted by atomic mass is 10.2. The zero-order chi connectivity index (χ0) is 22.8. The molecule has 0 aromatic carbocycles. The van der Waals surface area contributed by atoms with Crippen molar-refractivity contribution in [3.63, 3.8) is 0 Å². The van der Waals surface area contributed by atoms with Gasteiger partial charge in [0.15, 0.2) is 0 Å². The SMILES string of the molecule is C#CCOCCOCCOCCOCCOCCOCCOC(=O)CCCCC(=O)O. The van der Waals surface area contributed by atoms with Gasteiger partial charge in [-0.05, 0) is 12.8 Å². The van der Waals surface area contributed by atoms with Crippen molar-refractivity contribution in [1.82, 2.24) is 0 Å². The second-order valence-electron chi connectivity index (χ2n) is 6.14. The Kier molecular flexibility index (Phi) is 23.2. The zero-order valence-corrected chi connectivity index (χ0v) is 18.2. The Labute approximate surface area is 184 Å². The fraction of sp³-hybridized carbons (Fsp3) is 0.810. The lowest BCUT2D eigenvalue weighted by Gasteiger charge is -2.08. The zero-order valence-electron chi connectivity index (χ0n) is 18.2. The topological polar surface area (TPSA) is 119 Å². The number of ether oxygens (including phenoxy) is 7. The molecule has 0 atom stereocenters. The van der Waals surface area contributed by atoms with E-state index in [1.165, 1.54) is 0 Å². The number of hydrogen-bond acceptors (Lipinski definition) is 9. The number of carbonyl (C=O) groups excluding carboxylic acids is 1. The fourth-order valence-corrected chi connectivity index (χ4v) is 2.06. The third kappa shape index (κ3) is 26.2. The Morgan fingerprint density at radius 3 is 1.42 bits per heavy atom. The van der Waals surface area contributed by atoms with Crippen LogP contribution in [0, 0.1) is 12.3 Å². The van der Waals surface area contributed by atoms with Gasteiger partial charge in [0.25, 0.3) is 0 Å². The van der Waals surface area contributed by atoms with E-state index in [-0.39, 0.29) is 25.4 Å². The van der Waals surface area contributed by atoms with Crippen molar-refractivity contribution in [2.45, 2.75) is 25.7 Å². The van der Waals surface area contributed by atoms with Gasteiger partial charge in [-0.2, -0.15) is 0 Å². The van der Waals surface area contributed by atoms with Crippen molar-refractivity contribution >= 4 is 11.9 Å². The smallest absolute Gasteiger partial charge is 0.305 e. The van der Waals surface area contributed by atoms with E-state index in [9.17, 15) is 9.59 Å². The minimum absolute atomic E-state index is 0.0657. The van der Waals surface area contributed by atoms with E-state index in [1.54, 1.807) is 0 Å². The molecule has 0 saturated heterocycles. The first-order chi connectivity index (χ1) is 15.2. The monoisotopic (exact) mass is 448 g/mol. The second-order valence-corrected chi connectivity index (χ2v) is 6.14. The first-order valence-electron chi connectivity index (χ1n) is 10.4. The molecule has 0 aliphatic heterocycles. The Balaban J connectivity index is 3.11. The van der Waals surface area contributed by atoms with Crippen molar-refractivity contribution in [2.75, 3.05) is 85.9 Å². The van der Waals surface area contributed by atoms with Gasteiger partial charge in [0, 0.05) is 12.8 Å². The standard InChI is InChI=1S/C21H36O10/c1-2-7-25-8-9-26-10-11-27-12-13-28-14-15-29-16-17-30-18-19-31-21(24)6-4-3-5-20(22)23/h1H,3-19H2,(H,22,23). The van der Waals surface area contributed by atoms with Crippen molar-refractivity contribution in [3.05, 3.63) is 0 Å². The van der Waals surface area contributed by atoms with Gasteiger partial charge in [-0.25, -0.2) is 0 Å². The van der Waals surface area contributed by atoms with Crippen molar-refractivity contribution in [1.29, 1.82) is 0 Å². The maximum Gasteiger partial charge on any atom is 0.305 e. The summed E-state index contributed by atoms with van der Waals surface area (Å²) in [6, 6.07) is 0. The van der Waals surface area contributed by atoms with Crippen LogP contribution in [0.15, 0.2) is 0 Å². The van der Waals surface area contributed by atoms with Gasteiger partial charge in [0.2, 0.25) is 0 Å². The Hall–Kier alpha value is -1.74. The first kappa shape index (κ1) is 29.3. The van der Waals surface area contributed by atoms with Crippen LogP contribution in [0.4, 0.5) is 0 Å². The number of hydrogen-bond donors (Lipinski definition) is 1. The molecule has 0 saturated carbocycles. The summed E-state index contributed by atoms with van der Waals surface area (Å²) in [5.74, 6) is 1.18. The molecule has 0 aliphatic rings. The number of carboxylic acids is 1. The van der Waals surface area contributed by atoms with Crippen LogP contribution in [0.5, 0.6) is 0 Å². The van der Waals surface area contributed by atoms with E-state index in [2.05, 4.69) is 5.92 Å². The summed E-state index contributed by atoms with van der Waals surface area (Å²) in [4.78, 5) is 21.7. The molecule has 0 amide bonds. The quantitative estimate of drug-likeness (QED) is 0.130. The van der Waals surface area contributed by atoms with E-state index in [4.69, 9.17) is 44.7 Å². The molecule has 1 N–H and O–H groups in total. The highest BCUT2D eigenvalue weighted by Gasteiger charge is 2.04. The second kappa shape index (κ2) is 24.5. The summed E-state index contributed by atoms with van der Waals surface area (Å²) >= 11 is 0. The van der Waals surface area contributed by atoms with Gasteiger partial charge < -0.3 is 38.3 Å². The van der Waals surface area contributed by atoms with Crippen molar-refractivity contribution in [2.24, 2.45) is 0 Å². The number of aliphatic carboxylic acids is 1. The van der Waals surface area contributed by atoms with Gasteiger partial charge in [-0.3, -0.25) is 9.59 Å². The van der Waals surface area contributed by atoms with Crippen molar-refractivity contribution in [3.8, 4) is 12.3 Å². The van der Waals surface area contributed by atoms with Crippen LogP contribution < -0.4 is 0 Å². The molecule has 0 heterocycles. The minimum Gasteiger partial charge on any atom is -0.481 e. The van der Waals surface area contributed by atoms with Crippen LogP contribution in [0.1, 0.15) is 25.7 Å². The number of esters is 1. The van der Waals surface area contributed by atoms with E-state index >= 15 is 0 Å². The molecule has 0 rings (SSSR count). The molecule has 10 nitrogen and oxygen atoms in total. The highest BCUT2D eigenvalue weighted by atomic mass is 16.6. The van der Waals surface area contributed by atoms with Crippen LogP contribution in [0.3, 0.4) is 0 Å². The van der Waals surface area contributed by atoms with E-state index in [0.29, 0.717) is 92.1 Å². The molecule has 0 aromatic rings. The molecular weight excluding hydrogens is 412 g/mol. The highest BCUT2D eigenvalue weighted by Crippen LogP contribution is 2.01. The molecule has 0 bridgehead atoms. The lowest BCUT2D eigenvalue weighted by molar-refractivity contribution is -0.146. The summed E-state index contributed by atoms with van der Waals surface area (Å²) in [6.07, 6.45) is 6.31. The molecular formula is C21H36O10. The summed E-state index contributed by atoms with van der Waals surface area (Å²) < 4.78 is 36.7. The molecule has 10 heteroatoms. The van der Waals surface area contributed by atoms with Crippen LogP contribution in [-0.4, -0.2) is 103 Å². The number of carbonyl (C=O) groups is 2. The third-order valence-corrected chi connectivity index (χ3v) is 3.56. The molecule has 31 heavy (non-hydrogen) atoms. The first-order valence-corrected chi connectivity index (χ1v) is 10.4. The van der Waals surface area contributed by atoms with Crippen LogP contribution in [-0.2, 0) is 42.7 Å². The summed E-state index contributed by atoms with van der Waals surface area (Å²) in [5, 5.41) is 8.50. The number of unbranched alkanes of at least 4 members (excludes halogenated alkanes) is 1. The molecule has 0 fully saturated rings. The van der Waals surface area contributed by atoms with Gasteiger partial charge in [-0.15, -0.1) is 6.42 Å².